The van der Waals surface area contributed by atoms with Gasteiger partial charge in [-0.25, -0.2) is 23.6 Å². The fourth-order valence-corrected chi connectivity index (χ4v) is 5.24. The van der Waals surface area contributed by atoms with Crippen molar-refractivity contribution in [2.24, 2.45) is 11.0 Å². The molecule has 0 saturated carbocycles. The number of nitrogens with one attached hydrogen (secondary N) is 2. The second-order valence-electron chi connectivity index (χ2n) is 10.5. The summed E-state index contributed by atoms with van der Waals surface area (Å²) in [5.41, 5.74) is 4.10. The highest BCUT2D eigenvalue weighted by Crippen LogP contribution is 2.25. The molecule has 11 heteroatoms. The zero-order valence-corrected chi connectivity index (χ0v) is 23.3. The van der Waals surface area contributed by atoms with Gasteiger partial charge in [-0.2, -0.15) is 5.10 Å². The van der Waals surface area contributed by atoms with Crippen molar-refractivity contribution in [3.63, 3.8) is 0 Å². The molecule has 206 valence electrons. The van der Waals surface area contributed by atoms with Gasteiger partial charge in [-0.3, -0.25) is 9.52 Å². The van der Waals surface area contributed by atoms with Crippen molar-refractivity contribution in [2.75, 3.05) is 17.8 Å². The Morgan fingerprint density at radius 1 is 1.10 bits per heavy atom. The number of hydrogen-bond acceptors (Lipinski definition) is 7. The molecule has 1 saturated heterocycles. The Labute approximate surface area is 228 Å². The van der Waals surface area contributed by atoms with Crippen LogP contribution in [0.1, 0.15) is 44.9 Å². The first-order chi connectivity index (χ1) is 18.4. The van der Waals surface area contributed by atoms with Crippen LogP contribution in [0.15, 0.2) is 64.6 Å². The number of fused-ring (bicyclic) bond motifs is 1. The largest absolute Gasteiger partial charge is 0.444 e. The molecular formula is C28H33N5O5S. The maximum absolute atomic E-state index is 12.9. The number of benzene rings is 2. The molecule has 1 fully saturated rings. The second kappa shape index (κ2) is 11.4. The number of ether oxygens (including phenoxy) is 1. The van der Waals surface area contributed by atoms with Crippen LogP contribution in [0.2, 0.25) is 0 Å². The summed E-state index contributed by atoms with van der Waals surface area (Å²) >= 11 is 0. The van der Waals surface area contributed by atoms with E-state index in [9.17, 15) is 18.0 Å². The van der Waals surface area contributed by atoms with E-state index in [1.54, 1.807) is 74.2 Å². The number of hydrogen-bond donors (Lipinski definition) is 2. The van der Waals surface area contributed by atoms with Crippen LogP contribution in [-0.4, -0.2) is 55.2 Å². The molecule has 1 unspecified atom stereocenters. The Kier molecular flexibility index (Phi) is 8.19. The highest BCUT2D eigenvalue weighted by molar-refractivity contribution is 7.92. The average Bonchev–Trinajstić information content (AvgIpc) is 2.88. The second-order valence-corrected chi connectivity index (χ2v) is 12.2. The Bertz CT molecular complexity index is 1500. The first-order valence-electron chi connectivity index (χ1n) is 12.7. The Morgan fingerprint density at radius 3 is 2.56 bits per heavy atom. The SMILES string of the molecule is Cc1ccc(S(=O)(=O)Nc2cccc3ccc(/C=N/NC(=O)C4CCCN(C(=O)OC(C)(C)C)C4)nc23)cc1. The van der Waals surface area contributed by atoms with Crippen LogP contribution in [0.25, 0.3) is 10.9 Å². The minimum absolute atomic E-state index is 0.151. The third kappa shape index (κ3) is 7.32. The van der Waals surface area contributed by atoms with Crippen molar-refractivity contribution in [1.29, 1.82) is 0 Å². The summed E-state index contributed by atoms with van der Waals surface area (Å²) < 4.78 is 33.9. The van der Waals surface area contributed by atoms with Gasteiger partial charge in [-0.1, -0.05) is 35.9 Å². The molecule has 2 aromatic carbocycles. The molecule has 2 heterocycles. The number of likely N-dealkylation sites (tertiary alicyclic amines) is 1. The van der Waals surface area contributed by atoms with Crippen LogP contribution < -0.4 is 10.1 Å². The van der Waals surface area contributed by atoms with Crippen LogP contribution in [0.5, 0.6) is 0 Å². The number of piperidine rings is 1. The molecule has 2 amide bonds. The highest BCUT2D eigenvalue weighted by Gasteiger charge is 2.31. The molecule has 0 aliphatic carbocycles. The van der Waals surface area contributed by atoms with E-state index in [-0.39, 0.29) is 17.3 Å². The molecule has 0 spiro atoms. The van der Waals surface area contributed by atoms with Gasteiger partial charge in [0.05, 0.1) is 33.9 Å². The van der Waals surface area contributed by atoms with Gasteiger partial charge >= 0.3 is 6.09 Å². The molecule has 39 heavy (non-hydrogen) atoms. The van der Waals surface area contributed by atoms with Gasteiger partial charge in [0.2, 0.25) is 5.91 Å². The average molecular weight is 552 g/mol. The number of rotatable bonds is 6. The maximum atomic E-state index is 12.9. The van der Waals surface area contributed by atoms with E-state index in [0.717, 1.165) is 10.9 Å². The zero-order valence-electron chi connectivity index (χ0n) is 22.5. The summed E-state index contributed by atoms with van der Waals surface area (Å²) in [7, 11) is -3.81. The normalized spacial score (nSPS) is 16.3. The predicted molar refractivity (Wildman–Crippen MR) is 150 cm³/mol. The van der Waals surface area contributed by atoms with E-state index < -0.39 is 27.6 Å². The van der Waals surface area contributed by atoms with Crippen LogP contribution in [-0.2, 0) is 19.6 Å². The van der Waals surface area contributed by atoms with E-state index in [4.69, 9.17) is 4.74 Å². The maximum Gasteiger partial charge on any atom is 0.410 e. The first-order valence-corrected chi connectivity index (χ1v) is 14.2. The fraction of sp³-hybridized carbons (Fsp3) is 0.357. The van der Waals surface area contributed by atoms with Crippen molar-refractivity contribution < 1.29 is 22.7 Å². The molecule has 1 aliphatic rings. The molecule has 10 nitrogen and oxygen atoms in total. The number of nitrogens with zero attached hydrogens (tertiary/aromatic N) is 3. The summed E-state index contributed by atoms with van der Waals surface area (Å²) in [6.45, 7) is 8.09. The van der Waals surface area contributed by atoms with Crippen LogP contribution in [0, 0.1) is 12.8 Å². The molecule has 2 N–H and O–H groups in total. The molecule has 1 aliphatic heterocycles. The summed E-state index contributed by atoms with van der Waals surface area (Å²) in [4.78, 5) is 31.4. The minimum Gasteiger partial charge on any atom is -0.444 e. The number of carbonyl (C=O) groups is 2. The Morgan fingerprint density at radius 2 is 1.85 bits per heavy atom. The number of para-hydroxylation sites is 1. The van der Waals surface area contributed by atoms with E-state index in [1.165, 1.54) is 6.21 Å². The predicted octanol–water partition coefficient (Wildman–Crippen LogP) is 4.44. The van der Waals surface area contributed by atoms with Gasteiger partial charge in [-0.05, 0) is 64.8 Å². The van der Waals surface area contributed by atoms with Gasteiger partial charge in [-0.15, -0.1) is 0 Å². The molecule has 0 radical (unpaired) electrons. The van der Waals surface area contributed by atoms with Crippen molar-refractivity contribution in [1.82, 2.24) is 15.3 Å². The standard InChI is InChI=1S/C28H33N5O5S/c1-19-10-14-23(15-11-19)39(36,37)32-24-9-5-7-20-12-13-22(30-25(20)24)17-29-31-26(34)21-8-6-16-33(18-21)27(35)38-28(2,3)4/h5,7,9-15,17,21,32H,6,8,16,18H2,1-4H3,(H,31,34)/b29-17+. The van der Waals surface area contributed by atoms with E-state index in [1.807, 2.05) is 13.0 Å². The minimum atomic E-state index is -3.81. The number of anilines is 1. The molecule has 0 bridgehead atoms. The lowest BCUT2D eigenvalue weighted by Crippen LogP contribution is -2.46. The zero-order chi connectivity index (χ0) is 28.2. The lowest BCUT2D eigenvalue weighted by atomic mass is 9.98. The third-order valence-corrected chi connectivity index (χ3v) is 7.51. The van der Waals surface area contributed by atoms with Gasteiger partial charge < -0.3 is 9.64 Å². The van der Waals surface area contributed by atoms with Crippen LogP contribution in [0.4, 0.5) is 10.5 Å². The number of aromatic nitrogens is 1. The third-order valence-electron chi connectivity index (χ3n) is 6.13. The van der Waals surface area contributed by atoms with E-state index >= 15 is 0 Å². The summed E-state index contributed by atoms with van der Waals surface area (Å²) in [5, 5.41) is 4.79. The number of sulfonamides is 1. The van der Waals surface area contributed by atoms with Gasteiger partial charge in [0.15, 0.2) is 0 Å². The smallest absolute Gasteiger partial charge is 0.410 e. The van der Waals surface area contributed by atoms with Crippen molar-refractivity contribution >= 4 is 44.8 Å². The summed E-state index contributed by atoms with van der Waals surface area (Å²) in [5.74, 6) is -0.706. The van der Waals surface area contributed by atoms with E-state index in [0.29, 0.717) is 36.3 Å². The summed E-state index contributed by atoms with van der Waals surface area (Å²) in [6.07, 6.45) is 2.29. The molecule has 3 aromatic rings. The number of carbonyl (C=O) groups excluding carboxylic acids is 2. The molecule has 1 atom stereocenters. The lowest BCUT2D eigenvalue weighted by Gasteiger charge is -2.33. The van der Waals surface area contributed by atoms with Crippen LogP contribution in [0.3, 0.4) is 0 Å². The van der Waals surface area contributed by atoms with Crippen molar-refractivity contribution in [2.45, 2.75) is 51.0 Å². The van der Waals surface area contributed by atoms with Crippen LogP contribution >= 0.6 is 0 Å². The van der Waals surface area contributed by atoms with Gasteiger partial charge in [0.25, 0.3) is 10.0 Å². The number of hydrazone groups is 1. The topological polar surface area (TPSA) is 130 Å². The first kappa shape index (κ1) is 28.0. The number of pyridine rings is 1. The highest BCUT2D eigenvalue weighted by atomic mass is 32.2. The fourth-order valence-electron chi connectivity index (χ4n) is 4.17. The van der Waals surface area contributed by atoms with Gasteiger partial charge in [0.1, 0.15) is 5.60 Å². The number of aryl methyl sites for hydroxylation is 1. The Hall–Kier alpha value is -3.99. The quantitative estimate of drug-likeness (QED) is 0.344. The molecule has 4 rings (SSSR count). The molecular weight excluding hydrogens is 518 g/mol. The number of amides is 2. The lowest BCUT2D eigenvalue weighted by molar-refractivity contribution is -0.126. The molecule has 1 aromatic heterocycles. The van der Waals surface area contributed by atoms with Crippen molar-refractivity contribution in [3.8, 4) is 0 Å². The van der Waals surface area contributed by atoms with Gasteiger partial charge in [0, 0.05) is 18.5 Å². The van der Waals surface area contributed by atoms with E-state index in [2.05, 4.69) is 20.2 Å². The summed E-state index contributed by atoms with van der Waals surface area (Å²) in [6, 6.07) is 15.3. The Balaban J connectivity index is 1.44. The monoisotopic (exact) mass is 551 g/mol. The van der Waals surface area contributed by atoms with Crippen molar-refractivity contribution in [3.05, 3.63) is 65.9 Å².